The van der Waals surface area contributed by atoms with Gasteiger partial charge in [-0.2, -0.15) is 0 Å². The molecule has 1 saturated carbocycles. The van der Waals surface area contributed by atoms with E-state index in [0.29, 0.717) is 23.9 Å². The van der Waals surface area contributed by atoms with Gasteiger partial charge in [0.05, 0.1) is 4.92 Å². The van der Waals surface area contributed by atoms with Gasteiger partial charge in [0.25, 0.3) is 11.6 Å². The van der Waals surface area contributed by atoms with Crippen molar-refractivity contribution in [3.05, 3.63) is 33.9 Å². The zero-order valence-electron chi connectivity index (χ0n) is 11.2. The first-order chi connectivity index (χ1) is 9.60. The van der Waals surface area contributed by atoms with Gasteiger partial charge in [-0.25, -0.2) is 0 Å². The quantitative estimate of drug-likeness (QED) is 0.573. The predicted octanol–water partition coefficient (Wildman–Crippen LogP) is 0.972. The summed E-state index contributed by atoms with van der Waals surface area (Å²) in [5, 5.41) is 16.5. The number of non-ortho nitro benzene ring substituents is 1. The van der Waals surface area contributed by atoms with E-state index in [1.165, 1.54) is 18.2 Å². The first kappa shape index (κ1) is 14.3. The number of carbonyl (C=O) groups is 1. The number of nitro benzene ring substituents is 1. The Kier molecular flexibility index (Phi) is 4.52. The molecule has 0 radical (unpaired) electrons. The standard InChI is InChI=1S/C13H17N3O4/c1-14-7-9-6-11(16(18)19)4-5-12(9)20-8-13(17)15-10-2-3-10/h4-6,10,14H,2-3,7-8H2,1H3,(H,15,17). The molecule has 1 amide bonds. The SMILES string of the molecule is CNCc1cc([N+](=O)[O-])ccc1OCC(=O)NC1CC1. The minimum Gasteiger partial charge on any atom is -0.483 e. The number of hydrogen-bond donors (Lipinski definition) is 2. The number of nitro groups is 1. The summed E-state index contributed by atoms with van der Waals surface area (Å²) < 4.78 is 5.44. The molecular formula is C13H17N3O4. The third-order valence-electron chi connectivity index (χ3n) is 2.92. The van der Waals surface area contributed by atoms with Crippen LogP contribution in [0.3, 0.4) is 0 Å². The predicted molar refractivity (Wildman–Crippen MR) is 72.5 cm³/mol. The summed E-state index contributed by atoms with van der Waals surface area (Å²) in [5.74, 6) is 0.317. The molecule has 108 valence electrons. The second-order valence-electron chi connectivity index (χ2n) is 4.71. The highest BCUT2D eigenvalue weighted by Crippen LogP contribution is 2.24. The molecule has 0 heterocycles. The average molecular weight is 279 g/mol. The van der Waals surface area contributed by atoms with E-state index < -0.39 is 4.92 Å². The highest BCUT2D eigenvalue weighted by Gasteiger charge is 2.23. The van der Waals surface area contributed by atoms with Crippen molar-refractivity contribution in [1.82, 2.24) is 10.6 Å². The lowest BCUT2D eigenvalue weighted by molar-refractivity contribution is -0.384. The number of benzene rings is 1. The lowest BCUT2D eigenvalue weighted by Crippen LogP contribution is -2.30. The average Bonchev–Trinajstić information content (AvgIpc) is 3.21. The van der Waals surface area contributed by atoms with Crippen LogP contribution in [0.1, 0.15) is 18.4 Å². The van der Waals surface area contributed by atoms with Gasteiger partial charge < -0.3 is 15.4 Å². The molecule has 0 atom stereocenters. The molecule has 0 saturated heterocycles. The largest absolute Gasteiger partial charge is 0.483 e. The van der Waals surface area contributed by atoms with E-state index in [0.717, 1.165) is 12.8 Å². The van der Waals surface area contributed by atoms with Gasteiger partial charge >= 0.3 is 0 Å². The van der Waals surface area contributed by atoms with E-state index in [2.05, 4.69) is 10.6 Å². The Hall–Kier alpha value is -2.15. The molecule has 1 aliphatic rings. The number of ether oxygens (including phenoxy) is 1. The van der Waals surface area contributed by atoms with Crippen molar-refractivity contribution in [3.63, 3.8) is 0 Å². The molecule has 0 unspecified atom stereocenters. The number of hydrogen-bond acceptors (Lipinski definition) is 5. The summed E-state index contributed by atoms with van der Waals surface area (Å²) in [5.41, 5.74) is 0.658. The Morgan fingerprint density at radius 3 is 2.85 bits per heavy atom. The molecule has 2 N–H and O–H groups in total. The van der Waals surface area contributed by atoms with Crippen LogP contribution in [0.15, 0.2) is 18.2 Å². The van der Waals surface area contributed by atoms with Crippen molar-refractivity contribution in [2.45, 2.75) is 25.4 Å². The number of amides is 1. The first-order valence-corrected chi connectivity index (χ1v) is 6.44. The molecule has 1 aromatic rings. The number of nitrogens with one attached hydrogen (secondary N) is 2. The summed E-state index contributed by atoms with van der Waals surface area (Å²) in [6.45, 7) is 0.353. The normalized spacial score (nSPS) is 13.8. The van der Waals surface area contributed by atoms with Crippen LogP contribution in [0.5, 0.6) is 5.75 Å². The number of carbonyl (C=O) groups excluding carboxylic acids is 1. The fourth-order valence-corrected chi connectivity index (χ4v) is 1.79. The fraction of sp³-hybridized carbons (Fsp3) is 0.462. The molecular weight excluding hydrogens is 262 g/mol. The van der Waals surface area contributed by atoms with Crippen LogP contribution < -0.4 is 15.4 Å². The van der Waals surface area contributed by atoms with Gasteiger partial charge in [0, 0.05) is 30.3 Å². The molecule has 7 nitrogen and oxygen atoms in total. The summed E-state index contributed by atoms with van der Waals surface area (Å²) >= 11 is 0. The van der Waals surface area contributed by atoms with Gasteiger partial charge in [-0.3, -0.25) is 14.9 Å². The second-order valence-corrected chi connectivity index (χ2v) is 4.71. The van der Waals surface area contributed by atoms with Crippen LogP contribution in [-0.2, 0) is 11.3 Å². The van der Waals surface area contributed by atoms with E-state index >= 15 is 0 Å². The molecule has 0 bridgehead atoms. The second kappa shape index (κ2) is 6.33. The van der Waals surface area contributed by atoms with Crippen LogP contribution >= 0.6 is 0 Å². The van der Waals surface area contributed by atoms with Gasteiger partial charge in [0.1, 0.15) is 5.75 Å². The fourth-order valence-electron chi connectivity index (χ4n) is 1.79. The highest BCUT2D eigenvalue weighted by molar-refractivity contribution is 5.78. The number of nitrogens with zero attached hydrogens (tertiary/aromatic N) is 1. The van der Waals surface area contributed by atoms with Crippen molar-refractivity contribution in [1.29, 1.82) is 0 Å². The van der Waals surface area contributed by atoms with Crippen molar-refractivity contribution < 1.29 is 14.5 Å². The summed E-state index contributed by atoms with van der Waals surface area (Å²) in [6.07, 6.45) is 2.04. The third-order valence-corrected chi connectivity index (χ3v) is 2.92. The zero-order chi connectivity index (χ0) is 14.5. The van der Waals surface area contributed by atoms with E-state index in [1.807, 2.05) is 0 Å². The maximum atomic E-state index is 11.6. The highest BCUT2D eigenvalue weighted by atomic mass is 16.6. The van der Waals surface area contributed by atoms with Crippen LogP contribution in [0.2, 0.25) is 0 Å². The van der Waals surface area contributed by atoms with Gasteiger partial charge in [0.15, 0.2) is 6.61 Å². The van der Waals surface area contributed by atoms with Gasteiger partial charge in [-0.05, 0) is 26.0 Å². The Labute approximate surface area is 116 Å². The molecule has 0 spiro atoms. The lowest BCUT2D eigenvalue weighted by atomic mass is 10.2. The molecule has 20 heavy (non-hydrogen) atoms. The monoisotopic (exact) mass is 279 g/mol. The van der Waals surface area contributed by atoms with Gasteiger partial charge in [0.2, 0.25) is 0 Å². The lowest BCUT2D eigenvalue weighted by Gasteiger charge is -2.11. The van der Waals surface area contributed by atoms with Crippen LogP contribution in [-0.4, -0.2) is 30.5 Å². The van der Waals surface area contributed by atoms with E-state index in [4.69, 9.17) is 4.74 Å². The molecule has 0 aliphatic heterocycles. The Bertz CT molecular complexity index is 514. The van der Waals surface area contributed by atoms with Gasteiger partial charge in [-0.15, -0.1) is 0 Å². The Morgan fingerprint density at radius 1 is 1.50 bits per heavy atom. The number of rotatable bonds is 7. The summed E-state index contributed by atoms with van der Waals surface area (Å²) in [7, 11) is 1.74. The van der Waals surface area contributed by atoms with Crippen LogP contribution in [0.25, 0.3) is 0 Å². The van der Waals surface area contributed by atoms with E-state index in [9.17, 15) is 14.9 Å². The Balaban J connectivity index is 2.01. The topological polar surface area (TPSA) is 93.5 Å². The zero-order valence-corrected chi connectivity index (χ0v) is 11.2. The van der Waals surface area contributed by atoms with Gasteiger partial charge in [-0.1, -0.05) is 0 Å². The smallest absolute Gasteiger partial charge is 0.270 e. The summed E-state index contributed by atoms with van der Waals surface area (Å²) in [6, 6.07) is 4.63. The first-order valence-electron chi connectivity index (χ1n) is 6.44. The maximum absolute atomic E-state index is 11.6. The van der Waals surface area contributed by atoms with E-state index in [-0.39, 0.29) is 18.2 Å². The van der Waals surface area contributed by atoms with Crippen molar-refractivity contribution in [3.8, 4) is 5.75 Å². The minimum atomic E-state index is -0.456. The van der Waals surface area contributed by atoms with Crippen LogP contribution in [0.4, 0.5) is 5.69 Å². The molecule has 0 aromatic heterocycles. The molecule has 7 heteroatoms. The minimum absolute atomic E-state index is 0.00466. The van der Waals surface area contributed by atoms with Crippen molar-refractivity contribution in [2.24, 2.45) is 0 Å². The molecule has 2 rings (SSSR count). The molecule has 1 aromatic carbocycles. The Morgan fingerprint density at radius 2 is 2.25 bits per heavy atom. The molecule has 1 aliphatic carbocycles. The summed E-state index contributed by atoms with van der Waals surface area (Å²) in [4.78, 5) is 21.8. The van der Waals surface area contributed by atoms with Crippen molar-refractivity contribution >= 4 is 11.6 Å². The maximum Gasteiger partial charge on any atom is 0.270 e. The third kappa shape index (κ3) is 3.92. The molecule has 1 fully saturated rings. The van der Waals surface area contributed by atoms with E-state index in [1.54, 1.807) is 7.05 Å². The van der Waals surface area contributed by atoms with Crippen LogP contribution in [0, 0.1) is 10.1 Å². The van der Waals surface area contributed by atoms with Crippen molar-refractivity contribution in [2.75, 3.05) is 13.7 Å².